The Morgan fingerprint density at radius 1 is 0.591 bits per heavy atom. The molecule has 0 atom stereocenters. The van der Waals surface area contributed by atoms with Crippen molar-refractivity contribution in [3.63, 3.8) is 0 Å². The maximum absolute atomic E-state index is 5.70. The second kappa shape index (κ2) is 6.55. The molecular weight excluding hydrogens is 276 g/mol. The van der Waals surface area contributed by atoms with Crippen molar-refractivity contribution in [3.8, 4) is 0 Å². The molecule has 0 amide bonds. The zero-order valence-electron chi connectivity index (χ0n) is 12.5. The first-order valence-corrected chi connectivity index (χ1v) is 7.43. The van der Waals surface area contributed by atoms with Crippen LogP contribution in [-0.4, -0.2) is 36.2 Å². The van der Waals surface area contributed by atoms with E-state index < -0.39 is 0 Å². The van der Waals surface area contributed by atoms with Crippen molar-refractivity contribution in [2.75, 3.05) is 48.5 Å². The van der Waals surface area contributed by atoms with Crippen LogP contribution in [0, 0.1) is 0 Å². The van der Waals surface area contributed by atoms with Gasteiger partial charge in [0.15, 0.2) is 0 Å². The van der Waals surface area contributed by atoms with Gasteiger partial charge in [0.1, 0.15) is 0 Å². The summed E-state index contributed by atoms with van der Waals surface area (Å²) >= 11 is 0. The fraction of sp³-hybridized carbons (Fsp3) is 0.250. The molecule has 2 aromatic carbocycles. The highest BCUT2D eigenvalue weighted by molar-refractivity contribution is 5.51. The van der Waals surface area contributed by atoms with Gasteiger partial charge in [-0.3, -0.25) is 0 Å². The molecule has 0 aromatic heterocycles. The number of nitrogens with two attached hydrogens (primary N) is 2. The predicted molar refractivity (Wildman–Crippen MR) is 92.1 cm³/mol. The van der Waals surface area contributed by atoms with Crippen LogP contribution >= 0.6 is 0 Å². The summed E-state index contributed by atoms with van der Waals surface area (Å²) < 4.78 is 0. The van der Waals surface area contributed by atoms with Crippen LogP contribution in [0.5, 0.6) is 0 Å². The summed E-state index contributed by atoms with van der Waals surface area (Å²) in [5, 5.41) is 4.43. The number of piperazine rings is 1. The second-order valence-corrected chi connectivity index (χ2v) is 5.44. The third-order valence-corrected chi connectivity index (χ3v) is 3.68. The van der Waals surface area contributed by atoms with Crippen molar-refractivity contribution in [1.29, 1.82) is 0 Å². The molecule has 6 N–H and O–H groups in total. The van der Waals surface area contributed by atoms with E-state index in [9.17, 15) is 0 Å². The van der Waals surface area contributed by atoms with Gasteiger partial charge in [0.05, 0.1) is 0 Å². The molecule has 1 fully saturated rings. The topological polar surface area (TPSA) is 82.6 Å². The first kappa shape index (κ1) is 14.5. The smallest absolute Gasteiger partial charge is 0.0491 e. The monoisotopic (exact) mass is 298 g/mol. The van der Waals surface area contributed by atoms with Crippen molar-refractivity contribution >= 4 is 22.7 Å². The van der Waals surface area contributed by atoms with Gasteiger partial charge in [0.25, 0.3) is 0 Å². The van der Waals surface area contributed by atoms with Gasteiger partial charge in [-0.2, -0.15) is 0 Å². The summed E-state index contributed by atoms with van der Waals surface area (Å²) in [7, 11) is 0. The lowest BCUT2D eigenvalue weighted by atomic mass is 10.3. The molecule has 1 aliphatic rings. The first-order chi connectivity index (χ1) is 10.7. The van der Waals surface area contributed by atoms with Gasteiger partial charge in [-0.1, -0.05) is 0 Å². The first-order valence-electron chi connectivity index (χ1n) is 7.43. The Hall–Kier alpha value is -2.44. The van der Waals surface area contributed by atoms with Crippen molar-refractivity contribution in [3.05, 3.63) is 48.5 Å². The van der Waals surface area contributed by atoms with E-state index in [0.717, 1.165) is 48.9 Å². The predicted octanol–water partition coefficient (Wildman–Crippen LogP) is 1.82. The van der Waals surface area contributed by atoms with E-state index in [1.807, 2.05) is 48.5 Å². The fourth-order valence-electron chi connectivity index (χ4n) is 2.41. The van der Waals surface area contributed by atoms with Crippen LogP contribution in [0.25, 0.3) is 0 Å². The minimum atomic E-state index is 0.781. The molecule has 0 saturated carbocycles. The summed E-state index contributed by atoms with van der Waals surface area (Å²) in [6, 6.07) is 15.6. The Balaban J connectivity index is 1.47. The van der Waals surface area contributed by atoms with Gasteiger partial charge in [-0.25, -0.2) is 10.0 Å². The van der Waals surface area contributed by atoms with E-state index in [0.29, 0.717) is 0 Å². The average Bonchev–Trinajstić information content (AvgIpc) is 2.54. The minimum absolute atomic E-state index is 0.781. The Labute approximate surface area is 130 Å². The highest BCUT2D eigenvalue weighted by Crippen LogP contribution is 2.14. The maximum Gasteiger partial charge on any atom is 0.0491 e. The van der Waals surface area contributed by atoms with E-state index in [-0.39, 0.29) is 0 Å². The van der Waals surface area contributed by atoms with E-state index in [1.54, 1.807) is 0 Å². The van der Waals surface area contributed by atoms with Gasteiger partial charge < -0.3 is 22.3 Å². The normalized spacial score (nSPS) is 16.4. The summed E-state index contributed by atoms with van der Waals surface area (Å²) in [6.45, 7) is 3.75. The fourth-order valence-corrected chi connectivity index (χ4v) is 2.41. The van der Waals surface area contributed by atoms with Crippen LogP contribution in [-0.2, 0) is 0 Å². The molecule has 0 radical (unpaired) electrons. The van der Waals surface area contributed by atoms with Gasteiger partial charge in [-0.15, -0.1) is 0 Å². The number of nitrogens with one attached hydrogen (secondary N) is 2. The molecular formula is C16H22N6. The SMILES string of the molecule is Nc1ccc(NN2CCN(Nc3ccc(N)cc3)CC2)cc1. The quantitative estimate of drug-likeness (QED) is 0.645. The Bertz CT molecular complexity index is 532. The van der Waals surface area contributed by atoms with E-state index >= 15 is 0 Å². The van der Waals surface area contributed by atoms with Crippen LogP contribution in [0.2, 0.25) is 0 Å². The largest absolute Gasteiger partial charge is 0.399 e. The lowest BCUT2D eigenvalue weighted by Gasteiger charge is -2.35. The molecule has 0 unspecified atom stereocenters. The highest BCUT2D eigenvalue weighted by Gasteiger charge is 2.16. The molecule has 0 bridgehead atoms. The maximum atomic E-state index is 5.70. The van der Waals surface area contributed by atoms with E-state index in [2.05, 4.69) is 20.9 Å². The van der Waals surface area contributed by atoms with Crippen LogP contribution < -0.4 is 22.3 Å². The van der Waals surface area contributed by atoms with E-state index in [1.165, 1.54) is 0 Å². The second-order valence-electron chi connectivity index (χ2n) is 5.44. The van der Waals surface area contributed by atoms with Crippen LogP contribution in [0.3, 0.4) is 0 Å². The van der Waals surface area contributed by atoms with Crippen molar-refractivity contribution < 1.29 is 0 Å². The van der Waals surface area contributed by atoms with Crippen LogP contribution in [0.1, 0.15) is 0 Å². The van der Waals surface area contributed by atoms with Crippen LogP contribution in [0.15, 0.2) is 48.5 Å². The number of hydrogen-bond donors (Lipinski definition) is 4. The number of hydrogen-bond acceptors (Lipinski definition) is 6. The molecule has 0 aliphatic carbocycles. The van der Waals surface area contributed by atoms with Gasteiger partial charge in [0.2, 0.25) is 0 Å². The molecule has 2 aromatic rings. The lowest BCUT2D eigenvalue weighted by molar-refractivity contribution is 0.177. The van der Waals surface area contributed by atoms with Crippen molar-refractivity contribution in [2.24, 2.45) is 0 Å². The minimum Gasteiger partial charge on any atom is -0.399 e. The molecule has 1 saturated heterocycles. The zero-order valence-corrected chi connectivity index (χ0v) is 12.5. The Morgan fingerprint density at radius 3 is 1.23 bits per heavy atom. The molecule has 1 aliphatic heterocycles. The Morgan fingerprint density at radius 2 is 0.909 bits per heavy atom. The summed E-state index contributed by atoms with van der Waals surface area (Å²) in [5.41, 5.74) is 21.9. The number of nitrogen functional groups attached to an aromatic ring is 2. The average molecular weight is 298 g/mol. The standard InChI is InChI=1S/C16H22N6/c17-13-1-5-15(6-2-13)19-21-9-11-22(12-10-21)20-16-7-3-14(18)4-8-16/h1-8,19-20H,9-12,17-18H2. The molecule has 0 spiro atoms. The number of anilines is 4. The lowest BCUT2D eigenvalue weighted by Crippen LogP contribution is -2.50. The Kier molecular flexibility index (Phi) is 4.32. The van der Waals surface area contributed by atoms with Crippen molar-refractivity contribution in [1.82, 2.24) is 10.0 Å². The number of benzene rings is 2. The number of hydrazine groups is 2. The summed E-state index contributed by atoms with van der Waals surface area (Å²) in [5.74, 6) is 0. The third kappa shape index (κ3) is 3.81. The van der Waals surface area contributed by atoms with E-state index in [4.69, 9.17) is 11.5 Å². The number of nitrogens with zero attached hydrogens (tertiary/aromatic N) is 2. The molecule has 6 nitrogen and oxygen atoms in total. The van der Waals surface area contributed by atoms with Crippen LogP contribution in [0.4, 0.5) is 22.7 Å². The van der Waals surface area contributed by atoms with Gasteiger partial charge >= 0.3 is 0 Å². The third-order valence-electron chi connectivity index (χ3n) is 3.68. The van der Waals surface area contributed by atoms with Crippen molar-refractivity contribution in [2.45, 2.75) is 0 Å². The van der Waals surface area contributed by atoms with Gasteiger partial charge in [-0.05, 0) is 48.5 Å². The molecule has 6 heteroatoms. The number of rotatable bonds is 4. The summed E-state index contributed by atoms with van der Waals surface area (Å²) in [4.78, 5) is 0. The molecule has 22 heavy (non-hydrogen) atoms. The molecule has 1 heterocycles. The zero-order chi connectivity index (χ0) is 15.4. The van der Waals surface area contributed by atoms with Gasteiger partial charge in [0, 0.05) is 48.9 Å². The molecule has 3 rings (SSSR count). The molecule has 116 valence electrons. The highest BCUT2D eigenvalue weighted by atomic mass is 15.6. The summed E-state index contributed by atoms with van der Waals surface area (Å²) in [6.07, 6.45) is 0.